The first kappa shape index (κ1) is 12.2. The maximum absolute atomic E-state index is 12.3. The Kier molecular flexibility index (Phi) is 3.24. The van der Waals surface area contributed by atoms with E-state index in [2.05, 4.69) is 15.2 Å². The second kappa shape index (κ2) is 4.52. The lowest BCUT2D eigenvalue weighted by Crippen LogP contribution is -2.24. The van der Waals surface area contributed by atoms with Crippen LogP contribution in [0.3, 0.4) is 0 Å². The minimum atomic E-state index is -4.32. The van der Waals surface area contributed by atoms with Crippen molar-refractivity contribution < 1.29 is 13.2 Å². The van der Waals surface area contributed by atoms with Gasteiger partial charge in [0.05, 0.1) is 5.56 Å². The smallest absolute Gasteiger partial charge is 0.366 e. The standard InChI is InChI=1S/C11H14F3N3/c1-17-5-4-9(7-17)16-10-3-2-8(6-15-10)11(12,13)14/h2-3,6,9H,4-5,7H2,1H3,(H,15,16). The highest BCUT2D eigenvalue weighted by Gasteiger charge is 2.30. The van der Waals surface area contributed by atoms with Crippen molar-refractivity contribution in [3.8, 4) is 0 Å². The van der Waals surface area contributed by atoms with E-state index in [9.17, 15) is 13.2 Å². The zero-order valence-corrected chi connectivity index (χ0v) is 9.46. The largest absolute Gasteiger partial charge is 0.417 e. The fourth-order valence-corrected chi connectivity index (χ4v) is 1.91. The van der Waals surface area contributed by atoms with Crippen LogP contribution in [0.2, 0.25) is 0 Å². The summed E-state index contributed by atoms with van der Waals surface area (Å²) in [7, 11) is 2.02. The number of anilines is 1. The Hall–Kier alpha value is -1.30. The number of pyridine rings is 1. The summed E-state index contributed by atoms with van der Waals surface area (Å²) in [6.45, 7) is 1.89. The van der Waals surface area contributed by atoms with Gasteiger partial charge in [0, 0.05) is 18.8 Å². The third kappa shape index (κ3) is 3.09. The molecule has 0 amide bonds. The molecule has 0 radical (unpaired) electrons. The molecule has 3 nitrogen and oxygen atoms in total. The molecule has 0 spiro atoms. The van der Waals surface area contributed by atoms with E-state index in [-0.39, 0.29) is 6.04 Å². The number of halogens is 3. The summed E-state index contributed by atoms with van der Waals surface area (Å²) in [4.78, 5) is 5.95. The first-order valence-electron chi connectivity index (χ1n) is 5.43. The van der Waals surface area contributed by atoms with Crippen molar-refractivity contribution in [2.24, 2.45) is 0 Å². The summed E-state index contributed by atoms with van der Waals surface area (Å²) < 4.78 is 36.9. The number of alkyl halides is 3. The van der Waals surface area contributed by atoms with Crippen molar-refractivity contribution in [2.45, 2.75) is 18.6 Å². The van der Waals surface area contributed by atoms with Gasteiger partial charge in [-0.15, -0.1) is 0 Å². The lowest BCUT2D eigenvalue weighted by Gasteiger charge is -2.14. The first-order valence-corrected chi connectivity index (χ1v) is 5.43. The van der Waals surface area contributed by atoms with E-state index >= 15 is 0 Å². The van der Waals surface area contributed by atoms with Crippen molar-refractivity contribution in [1.29, 1.82) is 0 Å². The van der Waals surface area contributed by atoms with E-state index in [0.29, 0.717) is 5.82 Å². The number of likely N-dealkylation sites (tertiary alicyclic amines) is 1. The summed E-state index contributed by atoms with van der Waals surface area (Å²) in [6.07, 6.45) is -2.47. The summed E-state index contributed by atoms with van der Waals surface area (Å²) in [5, 5.41) is 3.13. The van der Waals surface area contributed by atoms with Crippen molar-refractivity contribution >= 4 is 5.82 Å². The van der Waals surface area contributed by atoms with Crippen LogP contribution in [0.1, 0.15) is 12.0 Å². The molecule has 0 aromatic carbocycles. The summed E-state index contributed by atoms with van der Waals surface area (Å²) in [5.41, 5.74) is -0.716. The lowest BCUT2D eigenvalue weighted by molar-refractivity contribution is -0.137. The Morgan fingerprint density at radius 1 is 1.41 bits per heavy atom. The van der Waals surface area contributed by atoms with Crippen LogP contribution in [0.4, 0.5) is 19.0 Å². The van der Waals surface area contributed by atoms with Crippen LogP contribution >= 0.6 is 0 Å². The number of aromatic nitrogens is 1. The minimum Gasteiger partial charge on any atom is -0.366 e. The molecule has 0 bridgehead atoms. The molecule has 17 heavy (non-hydrogen) atoms. The SMILES string of the molecule is CN1CCC(Nc2ccc(C(F)(F)F)cn2)C1. The molecule has 2 rings (SSSR count). The minimum absolute atomic E-state index is 0.268. The van der Waals surface area contributed by atoms with Crippen LogP contribution in [-0.2, 0) is 6.18 Å². The van der Waals surface area contributed by atoms with Gasteiger partial charge in [-0.2, -0.15) is 13.2 Å². The fourth-order valence-electron chi connectivity index (χ4n) is 1.91. The molecule has 0 aliphatic carbocycles. The van der Waals surface area contributed by atoms with Crippen LogP contribution in [0.15, 0.2) is 18.3 Å². The molecule has 94 valence electrons. The predicted molar refractivity (Wildman–Crippen MR) is 58.8 cm³/mol. The van der Waals surface area contributed by atoms with Crippen molar-refractivity contribution in [3.05, 3.63) is 23.9 Å². The second-order valence-corrected chi connectivity index (χ2v) is 4.32. The number of hydrogen-bond acceptors (Lipinski definition) is 3. The van der Waals surface area contributed by atoms with Crippen molar-refractivity contribution in [2.75, 3.05) is 25.5 Å². The number of rotatable bonds is 2. The zero-order chi connectivity index (χ0) is 12.5. The average Bonchev–Trinajstić information content (AvgIpc) is 2.63. The van der Waals surface area contributed by atoms with Gasteiger partial charge >= 0.3 is 6.18 Å². The van der Waals surface area contributed by atoms with Gasteiger partial charge in [-0.3, -0.25) is 0 Å². The van der Waals surface area contributed by atoms with E-state index in [1.807, 2.05) is 7.05 Å². The molecule has 1 N–H and O–H groups in total. The average molecular weight is 245 g/mol. The molecule has 0 saturated carbocycles. The zero-order valence-electron chi connectivity index (χ0n) is 9.46. The fraction of sp³-hybridized carbons (Fsp3) is 0.545. The summed E-state index contributed by atoms with van der Waals surface area (Å²) in [6, 6.07) is 2.69. The van der Waals surface area contributed by atoms with Crippen LogP contribution in [0.5, 0.6) is 0 Å². The van der Waals surface area contributed by atoms with E-state index < -0.39 is 11.7 Å². The van der Waals surface area contributed by atoms with E-state index in [1.54, 1.807) is 0 Å². The number of nitrogens with one attached hydrogen (secondary N) is 1. The summed E-state index contributed by atoms with van der Waals surface area (Å²) in [5.74, 6) is 0.498. The Morgan fingerprint density at radius 3 is 2.65 bits per heavy atom. The van der Waals surface area contributed by atoms with E-state index in [1.165, 1.54) is 6.07 Å². The highest BCUT2D eigenvalue weighted by Crippen LogP contribution is 2.29. The molecule has 1 aliphatic heterocycles. The maximum atomic E-state index is 12.3. The molecule has 1 unspecified atom stereocenters. The van der Waals surface area contributed by atoms with Gasteiger partial charge in [0.25, 0.3) is 0 Å². The Morgan fingerprint density at radius 2 is 2.18 bits per heavy atom. The van der Waals surface area contributed by atoms with Gasteiger partial charge in [-0.25, -0.2) is 4.98 Å². The molecule has 1 aliphatic rings. The quantitative estimate of drug-likeness (QED) is 0.866. The lowest BCUT2D eigenvalue weighted by atomic mass is 10.2. The number of hydrogen-bond donors (Lipinski definition) is 1. The first-order chi connectivity index (χ1) is 7.95. The Balaban J connectivity index is 1.99. The molecule has 1 fully saturated rings. The summed E-state index contributed by atoms with van der Waals surface area (Å²) >= 11 is 0. The molecule has 1 saturated heterocycles. The highest BCUT2D eigenvalue weighted by atomic mass is 19.4. The topological polar surface area (TPSA) is 28.2 Å². The molecule has 1 aromatic rings. The highest BCUT2D eigenvalue weighted by molar-refractivity contribution is 5.37. The van der Waals surface area contributed by atoms with Gasteiger partial charge in [-0.05, 0) is 32.1 Å². The molecule has 6 heteroatoms. The molecular formula is C11H14F3N3. The van der Waals surface area contributed by atoms with Crippen LogP contribution in [0, 0.1) is 0 Å². The number of nitrogens with zero attached hydrogens (tertiary/aromatic N) is 2. The van der Waals surface area contributed by atoms with Gasteiger partial charge < -0.3 is 10.2 Å². The Labute approximate surface area is 97.6 Å². The van der Waals surface area contributed by atoms with E-state index in [4.69, 9.17) is 0 Å². The molecule has 2 heterocycles. The normalized spacial score (nSPS) is 21.8. The van der Waals surface area contributed by atoms with Crippen LogP contribution < -0.4 is 5.32 Å². The van der Waals surface area contributed by atoms with Gasteiger partial charge in [0.1, 0.15) is 5.82 Å². The van der Waals surface area contributed by atoms with Gasteiger partial charge in [0.2, 0.25) is 0 Å². The molecular weight excluding hydrogens is 231 g/mol. The van der Waals surface area contributed by atoms with Crippen molar-refractivity contribution in [1.82, 2.24) is 9.88 Å². The number of likely N-dealkylation sites (N-methyl/N-ethyl adjacent to an activating group) is 1. The predicted octanol–water partition coefficient (Wildman–Crippen LogP) is 2.22. The third-order valence-corrected chi connectivity index (χ3v) is 2.83. The molecule has 1 atom stereocenters. The van der Waals surface area contributed by atoms with Crippen LogP contribution in [0.25, 0.3) is 0 Å². The third-order valence-electron chi connectivity index (χ3n) is 2.83. The monoisotopic (exact) mass is 245 g/mol. The van der Waals surface area contributed by atoms with Gasteiger partial charge in [-0.1, -0.05) is 0 Å². The Bertz CT molecular complexity index is 375. The maximum Gasteiger partial charge on any atom is 0.417 e. The van der Waals surface area contributed by atoms with Gasteiger partial charge in [0.15, 0.2) is 0 Å². The van der Waals surface area contributed by atoms with E-state index in [0.717, 1.165) is 31.8 Å². The second-order valence-electron chi connectivity index (χ2n) is 4.32. The van der Waals surface area contributed by atoms with Crippen LogP contribution in [-0.4, -0.2) is 36.1 Å². The molecule has 1 aromatic heterocycles. The van der Waals surface area contributed by atoms with Crippen molar-refractivity contribution in [3.63, 3.8) is 0 Å².